The van der Waals surface area contributed by atoms with Gasteiger partial charge in [-0.25, -0.2) is 4.79 Å². The third kappa shape index (κ3) is 2.82. The second kappa shape index (κ2) is 5.40. The maximum absolute atomic E-state index is 11.8. The normalized spacial score (nSPS) is 22.9. The van der Waals surface area contributed by atoms with Gasteiger partial charge >= 0.3 is 5.97 Å². The number of aliphatic carboxylic acids is 1. The molecular formula is C10H13N3O4S. The average Bonchev–Trinajstić information content (AvgIpc) is 2.97. The number of nitrogens with one attached hydrogen (secondary N) is 1. The Balaban J connectivity index is 1.91. The second-order valence-corrected chi connectivity index (χ2v) is 4.93. The molecule has 1 fully saturated rings. The van der Waals surface area contributed by atoms with Crippen LogP contribution in [0.5, 0.6) is 0 Å². The Morgan fingerprint density at radius 1 is 1.44 bits per heavy atom. The van der Waals surface area contributed by atoms with E-state index < -0.39 is 18.2 Å². The number of aryl methyl sites for hydroxylation is 1. The lowest BCUT2D eigenvalue weighted by molar-refractivity contribution is -0.150. The molecule has 1 aliphatic rings. The van der Waals surface area contributed by atoms with Crippen molar-refractivity contribution in [2.24, 2.45) is 0 Å². The van der Waals surface area contributed by atoms with E-state index in [-0.39, 0.29) is 5.91 Å². The quantitative estimate of drug-likeness (QED) is 0.834. The number of ether oxygens (including phenoxy) is 1. The van der Waals surface area contributed by atoms with E-state index in [2.05, 4.69) is 15.5 Å². The molecule has 2 heterocycles. The van der Waals surface area contributed by atoms with Crippen LogP contribution in [0.4, 0.5) is 5.13 Å². The number of rotatable bonds is 4. The van der Waals surface area contributed by atoms with Gasteiger partial charge in [-0.05, 0) is 19.3 Å². The Kier molecular flexibility index (Phi) is 3.87. The van der Waals surface area contributed by atoms with Gasteiger partial charge in [0.1, 0.15) is 11.1 Å². The Bertz CT molecular complexity index is 462. The molecule has 1 saturated heterocycles. The lowest BCUT2D eigenvalue weighted by Gasteiger charge is -2.09. The molecule has 1 aliphatic heterocycles. The molecule has 8 heteroatoms. The van der Waals surface area contributed by atoms with Crippen LogP contribution in [0.2, 0.25) is 0 Å². The van der Waals surface area contributed by atoms with Gasteiger partial charge in [-0.1, -0.05) is 18.3 Å². The maximum Gasteiger partial charge on any atom is 0.332 e. The fourth-order valence-corrected chi connectivity index (χ4v) is 2.33. The van der Waals surface area contributed by atoms with Gasteiger partial charge < -0.3 is 9.84 Å². The van der Waals surface area contributed by atoms with Crippen LogP contribution in [0.25, 0.3) is 0 Å². The maximum atomic E-state index is 11.8. The third-order valence-electron chi connectivity index (χ3n) is 2.59. The highest BCUT2D eigenvalue weighted by Gasteiger charge is 2.35. The number of carbonyl (C=O) groups is 2. The minimum Gasteiger partial charge on any atom is -0.479 e. The first kappa shape index (κ1) is 12.9. The Hall–Kier alpha value is -1.54. The van der Waals surface area contributed by atoms with E-state index in [1.807, 2.05) is 6.92 Å². The van der Waals surface area contributed by atoms with Gasteiger partial charge in [0.15, 0.2) is 6.10 Å². The topological polar surface area (TPSA) is 101 Å². The molecule has 0 saturated carbocycles. The van der Waals surface area contributed by atoms with Crippen molar-refractivity contribution in [3.05, 3.63) is 5.01 Å². The Morgan fingerprint density at radius 3 is 2.72 bits per heavy atom. The molecule has 1 amide bonds. The molecule has 2 rings (SSSR count). The fourth-order valence-electron chi connectivity index (χ4n) is 1.64. The predicted molar refractivity (Wildman–Crippen MR) is 63.4 cm³/mol. The average molecular weight is 271 g/mol. The number of amides is 1. The van der Waals surface area contributed by atoms with Gasteiger partial charge in [0.2, 0.25) is 5.13 Å². The molecule has 1 aromatic heterocycles. The standard InChI is InChI=1S/C10H13N3O4S/c1-2-7-12-13-10(18-7)11-8(14)5-3-4-6(17-5)9(15)16/h5-6H,2-4H2,1H3,(H,15,16)(H,11,13,14)/t5-,6+/m0/s1. The highest BCUT2D eigenvalue weighted by molar-refractivity contribution is 7.15. The lowest BCUT2D eigenvalue weighted by atomic mass is 10.2. The highest BCUT2D eigenvalue weighted by Crippen LogP contribution is 2.22. The molecule has 2 atom stereocenters. The molecule has 98 valence electrons. The van der Waals surface area contributed by atoms with Gasteiger partial charge in [-0.2, -0.15) is 0 Å². The smallest absolute Gasteiger partial charge is 0.332 e. The fraction of sp³-hybridized carbons (Fsp3) is 0.600. The summed E-state index contributed by atoms with van der Waals surface area (Å²) in [6.45, 7) is 1.95. The van der Waals surface area contributed by atoms with Crippen molar-refractivity contribution in [3.8, 4) is 0 Å². The van der Waals surface area contributed by atoms with Crippen molar-refractivity contribution in [2.75, 3.05) is 5.32 Å². The van der Waals surface area contributed by atoms with E-state index in [9.17, 15) is 9.59 Å². The number of carboxylic acids is 1. The van der Waals surface area contributed by atoms with Crippen molar-refractivity contribution in [3.63, 3.8) is 0 Å². The van der Waals surface area contributed by atoms with Crippen molar-refractivity contribution in [2.45, 2.75) is 38.4 Å². The third-order valence-corrected chi connectivity index (χ3v) is 3.57. The van der Waals surface area contributed by atoms with Gasteiger partial charge in [-0.3, -0.25) is 10.1 Å². The van der Waals surface area contributed by atoms with Crippen LogP contribution in [-0.4, -0.2) is 39.4 Å². The van der Waals surface area contributed by atoms with Crippen LogP contribution in [0.1, 0.15) is 24.8 Å². The summed E-state index contributed by atoms with van der Waals surface area (Å²) >= 11 is 1.30. The molecule has 0 aromatic carbocycles. The van der Waals surface area contributed by atoms with Crippen LogP contribution in [0.3, 0.4) is 0 Å². The summed E-state index contributed by atoms with van der Waals surface area (Å²) in [5.41, 5.74) is 0. The predicted octanol–water partition coefficient (Wildman–Crippen LogP) is 0.671. The summed E-state index contributed by atoms with van der Waals surface area (Å²) in [4.78, 5) is 22.5. The Morgan fingerprint density at radius 2 is 2.17 bits per heavy atom. The summed E-state index contributed by atoms with van der Waals surface area (Å²) in [7, 11) is 0. The number of carbonyl (C=O) groups excluding carboxylic acids is 1. The summed E-state index contributed by atoms with van der Waals surface area (Å²) < 4.78 is 5.13. The van der Waals surface area contributed by atoms with E-state index in [0.29, 0.717) is 18.0 Å². The van der Waals surface area contributed by atoms with Crippen LogP contribution < -0.4 is 5.32 Å². The number of hydrogen-bond acceptors (Lipinski definition) is 6. The molecule has 0 bridgehead atoms. The second-order valence-electron chi connectivity index (χ2n) is 3.87. The van der Waals surface area contributed by atoms with Crippen molar-refractivity contribution in [1.82, 2.24) is 10.2 Å². The SMILES string of the molecule is CCc1nnc(NC(=O)[C@@H]2CC[C@H](C(=O)O)O2)s1. The van der Waals surface area contributed by atoms with Crippen LogP contribution >= 0.6 is 11.3 Å². The number of carboxylic acid groups (broad SMARTS) is 1. The zero-order valence-electron chi connectivity index (χ0n) is 9.75. The molecule has 0 aliphatic carbocycles. The number of anilines is 1. The highest BCUT2D eigenvalue weighted by atomic mass is 32.1. The first-order valence-electron chi connectivity index (χ1n) is 5.61. The summed E-state index contributed by atoms with van der Waals surface area (Å²) in [6, 6.07) is 0. The van der Waals surface area contributed by atoms with Crippen molar-refractivity contribution in [1.29, 1.82) is 0 Å². The molecular weight excluding hydrogens is 258 g/mol. The molecule has 2 N–H and O–H groups in total. The zero-order valence-corrected chi connectivity index (χ0v) is 10.6. The lowest BCUT2D eigenvalue weighted by Crippen LogP contribution is -2.29. The summed E-state index contributed by atoms with van der Waals surface area (Å²) in [5, 5.41) is 20.3. The molecule has 0 radical (unpaired) electrons. The van der Waals surface area contributed by atoms with Gasteiger partial charge in [0.25, 0.3) is 5.91 Å². The summed E-state index contributed by atoms with van der Waals surface area (Å²) in [5.74, 6) is -1.40. The molecule has 7 nitrogen and oxygen atoms in total. The summed E-state index contributed by atoms with van der Waals surface area (Å²) in [6.07, 6.45) is -0.0953. The van der Waals surface area contributed by atoms with Crippen molar-refractivity contribution >= 4 is 28.3 Å². The van der Waals surface area contributed by atoms with Gasteiger partial charge in [-0.15, -0.1) is 10.2 Å². The van der Waals surface area contributed by atoms with E-state index in [4.69, 9.17) is 9.84 Å². The van der Waals surface area contributed by atoms with E-state index in [1.54, 1.807) is 0 Å². The number of aromatic nitrogens is 2. The first-order chi connectivity index (χ1) is 8.60. The molecule has 0 unspecified atom stereocenters. The Labute approximate surface area is 107 Å². The van der Waals surface area contributed by atoms with Crippen LogP contribution in [-0.2, 0) is 20.7 Å². The molecule has 0 spiro atoms. The van der Waals surface area contributed by atoms with E-state index in [0.717, 1.165) is 11.4 Å². The van der Waals surface area contributed by atoms with Crippen LogP contribution in [0.15, 0.2) is 0 Å². The van der Waals surface area contributed by atoms with Gasteiger partial charge in [0, 0.05) is 0 Å². The zero-order chi connectivity index (χ0) is 13.1. The van der Waals surface area contributed by atoms with Crippen LogP contribution in [0, 0.1) is 0 Å². The molecule has 18 heavy (non-hydrogen) atoms. The number of hydrogen-bond donors (Lipinski definition) is 2. The van der Waals surface area contributed by atoms with E-state index in [1.165, 1.54) is 11.3 Å². The van der Waals surface area contributed by atoms with E-state index >= 15 is 0 Å². The minimum atomic E-state index is -1.03. The van der Waals surface area contributed by atoms with Gasteiger partial charge in [0.05, 0.1) is 0 Å². The monoisotopic (exact) mass is 271 g/mol. The number of nitrogens with zero attached hydrogens (tertiary/aromatic N) is 2. The minimum absolute atomic E-state index is 0.351. The largest absolute Gasteiger partial charge is 0.479 e. The molecule has 1 aromatic rings. The van der Waals surface area contributed by atoms with Crippen molar-refractivity contribution < 1.29 is 19.4 Å². The first-order valence-corrected chi connectivity index (χ1v) is 6.43.